The van der Waals surface area contributed by atoms with Gasteiger partial charge in [-0.1, -0.05) is 20.8 Å². The second kappa shape index (κ2) is 4.89. The lowest BCUT2D eigenvalue weighted by molar-refractivity contribution is -0.230. The summed E-state index contributed by atoms with van der Waals surface area (Å²) in [4.78, 5) is 0. The van der Waals surface area contributed by atoms with Crippen molar-refractivity contribution in [2.45, 2.75) is 53.8 Å². The van der Waals surface area contributed by atoms with E-state index in [0.717, 1.165) is 31.0 Å². The van der Waals surface area contributed by atoms with Gasteiger partial charge in [0.15, 0.2) is 6.29 Å². The number of hydrogen-bond acceptors (Lipinski definition) is 2. The van der Waals surface area contributed by atoms with Crippen LogP contribution in [0.1, 0.15) is 47.5 Å². The van der Waals surface area contributed by atoms with Gasteiger partial charge >= 0.3 is 0 Å². The Balaban J connectivity index is 2.03. The fraction of sp³-hybridized carbons (Fsp3) is 1.00. The Morgan fingerprint density at radius 1 is 1.12 bits per heavy atom. The minimum Gasteiger partial charge on any atom is -0.353 e. The van der Waals surface area contributed by atoms with Crippen LogP contribution in [-0.2, 0) is 9.47 Å². The second-order valence-corrected chi connectivity index (χ2v) is 6.40. The third-order valence-corrected chi connectivity index (χ3v) is 5.42. The minimum absolute atomic E-state index is 0.0291. The summed E-state index contributed by atoms with van der Waals surface area (Å²) in [6.07, 6.45) is 2.74. The molecule has 2 heteroatoms. The zero-order chi connectivity index (χ0) is 12.6. The lowest BCUT2D eigenvalue weighted by Gasteiger charge is -2.62. The molecule has 0 aliphatic heterocycles. The van der Waals surface area contributed by atoms with Crippen molar-refractivity contribution in [2.75, 3.05) is 13.2 Å². The number of ether oxygens (including phenoxy) is 2. The summed E-state index contributed by atoms with van der Waals surface area (Å²) in [5.41, 5.74) is 0.554. The normalized spacial score (nSPS) is 39.2. The van der Waals surface area contributed by atoms with Crippen LogP contribution in [0.2, 0.25) is 0 Å². The second-order valence-electron chi connectivity index (χ2n) is 6.40. The van der Waals surface area contributed by atoms with Crippen LogP contribution in [0.3, 0.4) is 0 Å². The molecular weight excluding hydrogens is 212 g/mol. The molecular formula is C15H28O2. The topological polar surface area (TPSA) is 18.5 Å². The Morgan fingerprint density at radius 2 is 1.71 bits per heavy atom. The molecule has 0 saturated heterocycles. The van der Waals surface area contributed by atoms with Crippen molar-refractivity contribution in [2.24, 2.45) is 29.1 Å². The molecule has 0 aromatic heterocycles. The van der Waals surface area contributed by atoms with Crippen molar-refractivity contribution < 1.29 is 9.47 Å². The molecule has 2 nitrogen and oxygen atoms in total. The molecule has 2 unspecified atom stereocenters. The third-order valence-electron chi connectivity index (χ3n) is 5.42. The first-order valence-electron chi connectivity index (χ1n) is 7.25. The Kier molecular flexibility index (Phi) is 3.84. The van der Waals surface area contributed by atoms with Gasteiger partial charge in [-0.25, -0.2) is 0 Å². The molecule has 3 fully saturated rings. The molecule has 0 heterocycles. The van der Waals surface area contributed by atoms with Crippen molar-refractivity contribution in [3.8, 4) is 0 Å². The highest BCUT2D eigenvalue weighted by Gasteiger charge is 2.57. The predicted octanol–water partition coefficient (Wildman–Crippen LogP) is 3.70. The van der Waals surface area contributed by atoms with Gasteiger partial charge in [-0.3, -0.25) is 0 Å². The largest absolute Gasteiger partial charge is 0.353 e. The van der Waals surface area contributed by atoms with E-state index in [9.17, 15) is 0 Å². The van der Waals surface area contributed by atoms with Gasteiger partial charge in [0, 0.05) is 19.1 Å². The van der Waals surface area contributed by atoms with E-state index < -0.39 is 0 Å². The van der Waals surface area contributed by atoms with E-state index in [1.165, 1.54) is 12.8 Å². The van der Waals surface area contributed by atoms with Crippen LogP contribution < -0.4 is 0 Å². The average Bonchev–Trinajstić information content (AvgIpc) is 2.28. The Labute approximate surface area is 106 Å². The van der Waals surface area contributed by atoms with Crippen molar-refractivity contribution in [3.05, 3.63) is 0 Å². The first-order valence-corrected chi connectivity index (χ1v) is 7.25. The first kappa shape index (κ1) is 13.4. The summed E-state index contributed by atoms with van der Waals surface area (Å²) >= 11 is 0. The van der Waals surface area contributed by atoms with Gasteiger partial charge in [0.25, 0.3) is 0 Å². The van der Waals surface area contributed by atoms with Crippen molar-refractivity contribution in [3.63, 3.8) is 0 Å². The van der Waals surface area contributed by atoms with Crippen molar-refractivity contribution in [1.29, 1.82) is 0 Å². The van der Waals surface area contributed by atoms with Gasteiger partial charge in [-0.05, 0) is 49.9 Å². The number of hydrogen-bond donors (Lipinski definition) is 0. The molecule has 2 bridgehead atoms. The molecule has 0 aromatic carbocycles. The number of rotatable bonds is 5. The summed E-state index contributed by atoms with van der Waals surface area (Å²) in [5.74, 6) is 3.09. The molecule has 0 radical (unpaired) electrons. The van der Waals surface area contributed by atoms with E-state index in [1.807, 2.05) is 0 Å². The van der Waals surface area contributed by atoms with E-state index in [-0.39, 0.29) is 6.29 Å². The fourth-order valence-electron chi connectivity index (χ4n) is 4.17. The zero-order valence-electron chi connectivity index (χ0n) is 12.0. The van der Waals surface area contributed by atoms with Crippen LogP contribution in [0, 0.1) is 29.1 Å². The summed E-state index contributed by atoms with van der Waals surface area (Å²) in [6.45, 7) is 12.9. The lowest BCUT2D eigenvalue weighted by Crippen LogP contribution is -2.57. The fourth-order valence-corrected chi connectivity index (χ4v) is 4.17. The van der Waals surface area contributed by atoms with Crippen LogP contribution in [0.5, 0.6) is 0 Å². The van der Waals surface area contributed by atoms with Crippen LogP contribution in [-0.4, -0.2) is 19.5 Å². The molecule has 0 aromatic rings. The molecule has 0 spiro atoms. The summed E-state index contributed by atoms with van der Waals surface area (Å²) in [7, 11) is 0. The van der Waals surface area contributed by atoms with E-state index in [0.29, 0.717) is 11.3 Å². The minimum atomic E-state index is 0.0291. The van der Waals surface area contributed by atoms with E-state index >= 15 is 0 Å². The zero-order valence-corrected chi connectivity index (χ0v) is 12.0. The number of fused-ring (bicyclic) bond motifs is 2. The smallest absolute Gasteiger partial charge is 0.160 e. The summed E-state index contributed by atoms with van der Waals surface area (Å²) < 4.78 is 11.6. The van der Waals surface area contributed by atoms with E-state index in [2.05, 4.69) is 34.6 Å². The maximum atomic E-state index is 5.81. The van der Waals surface area contributed by atoms with Crippen LogP contribution in [0.4, 0.5) is 0 Å². The standard InChI is InChI=1S/C15H28O2/c1-6-16-14(17-7-2)12-8-11-9-13(10(12)3)15(11,4)5/h10-14H,6-9H2,1-5H3/t10-,11?,12+,13?/m0/s1. The van der Waals surface area contributed by atoms with Crippen molar-refractivity contribution in [1.82, 2.24) is 0 Å². The lowest BCUT2D eigenvalue weighted by atomic mass is 9.43. The van der Waals surface area contributed by atoms with Crippen molar-refractivity contribution >= 4 is 0 Å². The summed E-state index contributed by atoms with van der Waals surface area (Å²) in [5, 5.41) is 0. The molecule has 4 atom stereocenters. The van der Waals surface area contributed by atoms with Gasteiger partial charge < -0.3 is 9.47 Å². The maximum Gasteiger partial charge on any atom is 0.160 e. The van der Waals surface area contributed by atoms with Gasteiger partial charge in [0.1, 0.15) is 0 Å². The monoisotopic (exact) mass is 240 g/mol. The highest BCUT2D eigenvalue weighted by molar-refractivity contribution is 5.05. The third kappa shape index (κ3) is 2.15. The highest BCUT2D eigenvalue weighted by atomic mass is 16.7. The Morgan fingerprint density at radius 3 is 2.12 bits per heavy atom. The molecule has 0 amide bonds. The Bertz CT molecular complexity index is 254. The van der Waals surface area contributed by atoms with Gasteiger partial charge in [-0.15, -0.1) is 0 Å². The highest BCUT2D eigenvalue weighted by Crippen LogP contribution is 2.63. The molecule has 100 valence electrons. The maximum absolute atomic E-state index is 5.81. The molecule has 3 aliphatic rings. The Hall–Kier alpha value is -0.0800. The van der Waals surface area contributed by atoms with Gasteiger partial charge in [-0.2, -0.15) is 0 Å². The first-order chi connectivity index (χ1) is 8.02. The average molecular weight is 240 g/mol. The van der Waals surface area contributed by atoms with Gasteiger partial charge in [0.2, 0.25) is 0 Å². The predicted molar refractivity (Wildman–Crippen MR) is 69.7 cm³/mol. The van der Waals surface area contributed by atoms with E-state index in [4.69, 9.17) is 9.47 Å². The molecule has 17 heavy (non-hydrogen) atoms. The summed E-state index contributed by atoms with van der Waals surface area (Å²) in [6, 6.07) is 0. The molecule has 3 rings (SSSR count). The van der Waals surface area contributed by atoms with Gasteiger partial charge in [0.05, 0.1) is 0 Å². The van der Waals surface area contributed by atoms with Crippen LogP contribution in [0.25, 0.3) is 0 Å². The molecule has 0 N–H and O–H groups in total. The molecule has 3 aliphatic carbocycles. The quantitative estimate of drug-likeness (QED) is 0.682. The van der Waals surface area contributed by atoms with Crippen LogP contribution >= 0.6 is 0 Å². The van der Waals surface area contributed by atoms with Crippen LogP contribution in [0.15, 0.2) is 0 Å². The SMILES string of the molecule is CCOC(OCC)[C@@H]1CC2CC([C@H]1C)C2(C)C. The molecule has 3 saturated carbocycles. The van der Waals surface area contributed by atoms with E-state index in [1.54, 1.807) is 0 Å².